The molecule has 1 aromatic carbocycles. The van der Waals surface area contributed by atoms with Crippen molar-refractivity contribution in [1.29, 1.82) is 0 Å². The molecule has 1 aromatic rings. The largest absolute Gasteiger partial charge is 0.493 e. The molecule has 0 aromatic heterocycles. The zero-order valence-electron chi connectivity index (χ0n) is 12.8. The molecule has 3 heteroatoms. The third-order valence-corrected chi connectivity index (χ3v) is 3.28. The molecule has 0 saturated carbocycles. The minimum Gasteiger partial charge on any atom is -0.493 e. The molecule has 0 heterocycles. The van der Waals surface area contributed by atoms with Crippen LogP contribution in [0.15, 0.2) is 18.2 Å². The molecule has 0 spiro atoms. The molecule has 0 radical (unpaired) electrons. The molecule has 0 aliphatic heterocycles. The predicted molar refractivity (Wildman–Crippen MR) is 79.7 cm³/mol. The molecule has 0 saturated heterocycles. The minimum atomic E-state index is -0.855. The summed E-state index contributed by atoms with van der Waals surface area (Å²) in [5.74, 6) is 0.903. The molecule has 0 aliphatic rings. The second-order valence-electron chi connectivity index (χ2n) is 6.55. The van der Waals surface area contributed by atoms with Crippen LogP contribution < -0.4 is 10.5 Å². The Balaban J connectivity index is 2.80. The van der Waals surface area contributed by atoms with E-state index in [9.17, 15) is 5.11 Å². The number of hydrogen-bond donors (Lipinski definition) is 2. The molecule has 19 heavy (non-hydrogen) atoms. The fraction of sp³-hybridized carbons (Fsp3) is 0.625. The highest BCUT2D eigenvalue weighted by Gasteiger charge is 2.21. The van der Waals surface area contributed by atoms with Crippen LogP contribution in [0, 0.1) is 6.92 Å². The molecule has 1 rings (SSSR count). The van der Waals surface area contributed by atoms with Crippen molar-refractivity contribution < 1.29 is 9.84 Å². The predicted octanol–water partition coefficient (Wildman–Crippen LogP) is 2.77. The van der Waals surface area contributed by atoms with E-state index in [0.717, 1.165) is 5.75 Å². The standard InChI is InChI=1S/C16H27NO2/c1-12-6-7-13(15(2,3)4)14(10-12)19-9-8-16(5,18)11-17/h6-7,10,18H,8-9,11,17H2,1-5H3. The van der Waals surface area contributed by atoms with Crippen molar-refractivity contribution in [2.24, 2.45) is 5.73 Å². The summed E-state index contributed by atoms with van der Waals surface area (Å²) >= 11 is 0. The molecule has 0 aliphatic carbocycles. The van der Waals surface area contributed by atoms with Gasteiger partial charge in [-0.2, -0.15) is 0 Å². The van der Waals surface area contributed by atoms with Gasteiger partial charge in [0, 0.05) is 13.0 Å². The van der Waals surface area contributed by atoms with Gasteiger partial charge in [0.1, 0.15) is 5.75 Å². The first-order valence-corrected chi connectivity index (χ1v) is 6.82. The van der Waals surface area contributed by atoms with Gasteiger partial charge in [-0.15, -0.1) is 0 Å². The molecule has 1 atom stereocenters. The molecular weight excluding hydrogens is 238 g/mol. The Kier molecular flexibility index (Phi) is 4.99. The molecule has 1 unspecified atom stereocenters. The van der Waals surface area contributed by atoms with Gasteiger partial charge in [0.2, 0.25) is 0 Å². The highest BCUT2D eigenvalue weighted by atomic mass is 16.5. The monoisotopic (exact) mass is 265 g/mol. The van der Waals surface area contributed by atoms with Crippen LogP contribution in [0.4, 0.5) is 0 Å². The van der Waals surface area contributed by atoms with Gasteiger partial charge in [0.05, 0.1) is 12.2 Å². The number of hydrogen-bond acceptors (Lipinski definition) is 3. The number of nitrogens with two attached hydrogens (primary N) is 1. The molecule has 0 fully saturated rings. The fourth-order valence-corrected chi connectivity index (χ4v) is 1.85. The van der Waals surface area contributed by atoms with Gasteiger partial charge < -0.3 is 15.6 Å². The lowest BCUT2D eigenvalue weighted by atomic mass is 9.86. The van der Waals surface area contributed by atoms with E-state index in [-0.39, 0.29) is 12.0 Å². The van der Waals surface area contributed by atoms with Crippen molar-refractivity contribution >= 4 is 0 Å². The molecule has 3 N–H and O–H groups in total. The maximum Gasteiger partial charge on any atom is 0.123 e. The Bertz CT molecular complexity index is 419. The molecule has 0 amide bonds. The lowest BCUT2D eigenvalue weighted by Gasteiger charge is -2.25. The number of aryl methyl sites for hydroxylation is 1. The van der Waals surface area contributed by atoms with Crippen molar-refractivity contribution in [3.05, 3.63) is 29.3 Å². The smallest absolute Gasteiger partial charge is 0.123 e. The van der Waals surface area contributed by atoms with Gasteiger partial charge in [-0.1, -0.05) is 32.9 Å². The summed E-state index contributed by atoms with van der Waals surface area (Å²) in [4.78, 5) is 0. The average molecular weight is 265 g/mol. The summed E-state index contributed by atoms with van der Waals surface area (Å²) in [5.41, 5.74) is 7.05. The quantitative estimate of drug-likeness (QED) is 0.860. The highest BCUT2D eigenvalue weighted by Crippen LogP contribution is 2.32. The highest BCUT2D eigenvalue weighted by molar-refractivity contribution is 5.41. The van der Waals surface area contributed by atoms with Gasteiger partial charge in [-0.25, -0.2) is 0 Å². The van der Waals surface area contributed by atoms with Gasteiger partial charge in [0.25, 0.3) is 0 Å². The van der Waals surface area contributed by atoms with Gasteiger partial charge in [-0.3, -0.25) is 0 Å². The first-order chi connectivity index (χ1) is 8.65. The topological polar surface area (TPSA) is 55.5 Å². The Morgan fingerprint density at radius 1 is 1.21 bits per heavy atom. The summed E-state index contributed by atoms with van der Waals surface area (Å²) in [6.45, 7) is 11.0. The summed E-state index contributed by atoms with van der Waals surface area (Å²) in [5, 5.41) is 9.88. The maximum atomic E-state index is 9.88. The van der Waals surface area contributed by atoms with Crippen molar-refractivity contribution in [2.45, 2.75) is 52.1 Å². The Morgan fingerprint density at radius 2 is 1.84 bits per heavy atom. The second kappa shape index (κ2) is 5.93. The number of benzene rings is 1. The number of aliphatic hydroxyl groups is 1. The van der Waals surface area contributed by atoms with E-state index in [1.165, 1.54) is 11.1 Å². The average Bonchev–Trinajstić information content (AvgIpc) is 2.27. The molecular formula is C16H27NO2. The second-order valence-corrected chi connectivity index (χ2v) is 6.55. The van der Waals surface area contributed by atoms with Crippen molar-refractivity contribution in [2.75, 3.05) is 13.2 Å². The SMILES string of the molecule is Cc1ccc(C(C)(C)C)c(OCCC(C)(O)CN)c1. The summed E-state index contributed by atoms with van der Waals surface area (Å²) in [6, 6.07) is 6.27. The van der Waals surface area contributed by atoms with Crippen LogP contribution in [-0.2, 0) is 5.41 Å². The van der Waals surface area contributed by atoms with E-state index in [1.807, 2.05) is 0 Å². The van der Waals surface area contributed by atoms with Crippen LogP contribution in [0.5, 0.6) is 5.75 Å². The first-order valence-electron chi connectivity index (χ1n) is 6.82. The fourth-order valence-electron chi connectivity index (χ4n) is 1.85. The minimum absolute atomic E-state index is 0.0411. The lowest BCUT2D eigenvalue weighted by Crippen LogP contribution is -2.35. The van der Waals surface area contributed by atoms with E-state index in [0.29, 0.717) is 13.0 Å². The van der Waals surface area contributed by atoms with Crippen LogP contribution in [-0.4, -0.2) is 23.9 Å². The van der Waals surface area contributed by atoms with E-state index in [2.05, 4.69) is 45.9 Å². The third-order valence-electron chi connectivity index (χ3n) is 3.28. The summed E-state index contributed by atoms with van der Waals surface area (Å²) in [7, 11) is 0. The Labute approximate surface area is 116 Å². The summed E-state index contributed by atoms with van der Waals surface area (Å²) < 4.78 is 5.87. The molecule has 3 nitrogen and oxygen atoms in total. The summed E-state index contributed by atoms with van der Waals surface area (Å²) in [6.07, 6.45) is 0.529. The van der Waals surface area contributed by atoms with Gasteiger partial charge in [-0.05, 0) is 36.5 Å². The zero-order chi connectivity index (χ0) is 14.7. The zero-order valence-corrected chi connectivity index (χ0v) is 12.8. The van der Waals surface area contributed by atoms with E-state index in [1.54, 1.807) is 6.92 Å². The lowest BCUT2D eigenvalue weighted by molar-refractivity contribution is 0.0451. The van der Waals surface area contributed by atoms with Crippen LogP contribution in [0.1, 0.15) is 45.2 Å². The number of ether oxygens (including phenoxy) is 1. The first kappa shape index (κ1) is 16.0. The van der Waals surface area contributed by atoms with E-state index < -0.39 is 5.60 Å². The van der Waals surface area contributed by atoms with Gasteiger partial charge in [0.15, 0.2) is 0 Å². The van der Waals surface area contributed by atoms with Crippen LogP contribution in [0.2, 0.25) is 0 Å². The van der Waals surface area contributed by atoms with Crippen molar-refractivity contribution in [3.63, 3.8) is 0 Å². The van der Waals surface area contributed by atoms with E-state index >= 15 is 0 Å². The van der Waals surface area contributed by atoms with Crippen molar-refractivity contribution in [1.82, 2.24) is 0 Å². The Hall–Kier alpha value is -1.06. The van der Waals surface area contributed by atoms with Crippen molar-refractivity contribution in [3.8, 4) is 5.75 Å². The third kappa shape index (κ3) is 4.84. The maximum absolute atomic E-state index is 9.88. The van der Waals surface area contributed by atoms with Crippen LogP contribution >= 0.6 is 0 Å². The normalized spacial score (nSPS) is 15.1. The molecule has 0 bridgehead atoms. The van der Waals surface area contributed by atoms with Gasteiger partial charge >= 0.3 is 0 Å². The van der Waals surface area contributed by atoms with E-state index in [4.69, 9.17) is 10.5 Å². The molecule has 108 valence electrons. The van der Waals surface area contributed by atoms with Crippen LogP contribution in [0.3, 0.4) is 0 Å². The Morgan fingerprint density at radius 3 is 2.37 bits per heavy atom. The number of rotatable bonds is 5. The van der Waals surface area contributed by atoms with Crippen LogP contribution in [0.25, 0.3) is 0 Å².